The summed E-state index contributed by atoms with van der Waals surface area (Å²) >= 11 is 3.27. The van der Waals surface area contributed by atoms with Gasteiger partial charge in [-0.3, -0.25) is 0 Å². The molecule has 0 fully saturated rings. The van der Waals surface area contributed by atoms with Crippen molar-refractivity contribution < 1.29 is 9.13 Å². The van der Waals surface area contributed by atoms with Gasteiger partial charge in [0.1, 0.15) is 11.6 Å². The second-order valence-electron chi connectivity index (χ2n) is 4.73. The van der Waals surface area contributed by atoms with Gasteiger partial charge in [-0.1, -0.05) is 28.1 Å². The van der Waals surface area contributed by atoms with Crippen LogP contribution in [-0.4, -0.2) is 20.7 Å². The molecular weight excluding hydrogens is 335 g/mol. The van der Waals surface area contributed by atoms with Crippen molar-refractivity contribution in [2.45, 2.75) is 6.04 Å². The predicted octanol–water partition coefficient (Wildman–Crippen LogP) is 3.73. The summed E-state index contributed by atoms with van der Waals surface area (Å²) in [6, 6.07) is 12.4. The van der Waals surface area contributed by atoms with Crippen molar-refractivity contribution in [3.05, 3.63) is 58.3 Å². The van der Waals surface area contributed by atoms with Gasteiger partial charge in [0.15, 0.2) is 0 Å². The van der Waals surface area contributed by atoms with E-state index in [0.717, 1.165) is 11.4 Å². The Kier molecular flexibility index (Phi) is 5.20. The van der Waals surface area contributed by atoms with Crippen LogP contribution in [0.25, 0.3) is 0 Å². The monoisotopic (exact) mass is 352 g/mol. The highest BCUT2D eigenvalue weighted by Gasteiger charge is 2.20. The molecule has 0 bridgehead atoms. The van der Waals surface area contributed by atoms with Gasteiger partial charge in [0.2, 0.25) is 0 Å². The number of likely N-dealkylation sites (N-methyl/N-ethyl adjacent to an activating group) is 1. The van der Waals surface area contributed by atoms with Crippen LogP contribution in [0.3, 0.4) is 0 Å². The normalized spacial score (nSPS) is 12.0. The van der Waals surface area contributed by atoms with Gasteiger partial charge in [-0.25, -0.2) is 4.39 Å². The van der Waals surface area contributed by atoms with E-state index >= 15 is 0 Å². The number of halogens is 2. The summed E-state index contributed by atoms with van der Waals surface area (Å²) in [4.78, 5) is 1.95. The van der Waals surface area contributed by atoms with Gasteiger partial charge in [0, 0.05) is 35.4 Å². The Balaban J connectivity index is 2.35. The molecule has 0 radical (unpaired) electrons. The van der Waals surface area contributed by atoms with Crippen LogP contribution >= 0.6 is 15.9 Å². The van der Waals surface area contributed by atoms with E-state index in [0.29, 0.717) is 16.6 Å². The molecule has 0 aliphatic heterocycles. The second-order valence-corrected chi connectivity index (χ2v) is 5.65. The number of nitrogens with zero attached hydrogens (tertiary/aromatic N) is 1. The third-order valence-electron chi connectivity index (χ3n) is 3.47. The Bertz CT molecular complexity index is 621. The van der Waals surface area contributed by atoms with E-state index in [-0.39, 0.29) is 11.9 Å². The molecule has 0 aliphatic carbocycles. The van der Waals surface area contributed by atoms with Crippen molar-refractivity contribution >= 4 is 21.6 Å². The minimum absolute atomic E-state index is 0.245. The summed E-state index contributed by atoms with van der Waals surface area (Å²) in [5.41, 5.74) is 7.37. The van der Waals surface area contributed by atoms with E-state index in [9.17, 15) is 4.39 Å². The van der Waals surface area contributed by atoms with E-state index in [1.807, 2.05) is 42.3 Å². The fraction of sp³-hybridized carbons (Fsp3) is 0.250. The Hall–Kier alpha value is -1.59. The fourth-order valence-corrected chi connectivity index (χ4v) is 2.61. The Labute approximate surface area is 132 Å². The van der Waals surface area contributed by atoms with Crippen molar-refractivity contribution in [3.8, 4) is 5.75 Å². The summed E-state index contributed by atoms with van der Waals surface area (Å²) in [6.07, 6.45) is 0. The van der Waals surface area contributed by atoms with Gasteiger partial charge in [-0.05, 0) is 24.3 Å². The summed E-state index contributed by atoms with van der Waals surface area (Å²) in [7, 11) is 3.52. The number of hydrogen-bond donors (Lipinski definition) is 1. The van der Waals surface area contributed by atoms with Gasteiger partial charge in [0.25, 0.3) is 0 Å². The zero-order chi connectivity index (χ0) is 15.4. The molecule has 0 spiro atoms. The standard InChI is InChI=1S/C16H18BrFN2O/c1-20(12-4-3-5-13(9-12)21-2)16(10-19)14-7-6-11(17)8-15(14)18/h3-9,16H,10,19H2,1-2H3. The Morgan fingerprint density at radius 2 is 2.05 bits per heavy atom. The molecule has 0 aliphatic rings. The molecule has 2 rings (SSSR count). The fourth-order valence-electron chi connectivity index (χ4n) is 2.28. The number of methoxy groups -OCH3 is 1. The number of hydrogen-bond acceptors (Lipinski definition) is 3. The van der Waals surface area contributed by atoms with Crippen molar-refractivity contribution in [1.29, 1.82) is 0 Å². The molecule has 1 atom stereocenters. The van der Waals surface area contributed by atoms with E-state index in [4.69, 9.17) is 10.5 Å². The third-order valence-corrected chi connectivity index (χ3v) is 3.97. The molecule has 112 valence electrons. The van der Waals surface area contributed by atoms with Crippen molar-refractivity contribution in [1.82, 2.24) is 0 Å². The molecule has 5 heteroatoms. The summed E-state index contributed by atoms with van der Waals surface area (Å²) in [5.74, 6) is 0.487. The molecule has 2 aromatic carbocycles. The van der Waals surface area contributed by atoms with E-state index in [1.54, 1.807) is 13.2 Å². The number of anilines is 1. The lowest BCUT2D eigenvalue weighted by Crippen LogP contribution is -2.31. The lowest BCUT2D eigenvalue weighted by atomic mass is 10.0. The molecule has 2 N–H and O–H groups in total. The Morgan fingerprint density at radius 3 is 2.67 bits per heavy atom. The predicted molar refractivity (Wildman–Crippen MR) is 87.3 cm³/mol. The molecule has 3 nitrogen and oxygen atoms in total. The van der Waals surface area contributed by atoms with Crippen molar-refractivity contribution in [2.75, 3.05) is 25.6 Å². The van der Waals surface area contributed by atoms with E-state index in [1.165, 1.54) is 6.07 Å². The SMILES string of the molecule is COc1cccc(N(C)C(CN)c2ccc(Br)cc2F)c1. The van der Waals surface area contributed by atoms with Crippen LogP contribution in [0.1, 0.15) is 11.6 Å². The first-order chi connectivity index (χ1) is 10.1. The molecule has 0 saturated heterocycles. The quantitative estimate of drug-likeness (QED) is 0.890. The van der Waals surface area contributed by atoms with Crippen LogP contribution in [0.2, 0.25) is 0 Å². The van der Waals surface area contributed by atoms with Crippen LogP contribution in [-0.2, 0) is 0 Å². The van der Waals surface area contributed by atoms with Gasteiger partial charge in [-0.2, -0.15) is 0 Å². The van der Waals surface area contributed by atoms with Crippen LogP contribution in [0, 0.1) is 5.82 Å². The zero-order valence-electron chi connectivity index (χ0n) is 12.0. The molecule has 1 unspecified atom stereocenters. The lowest BCUT2D eigenvalue weighted by Gasteiger charge is -2.30. The largest absolute Gasteiger partial charge is 0.497 e. The first-order valence-corrected chi connectivity index (χ1v) is 7.38. The summed E-state index contributed by atoms with van der Waals surface area (Å²) in [5, 5.41) is 0. The van der Waals surface area contributed by atoms with Gasteiger partial charge in [0.05, 0.1) is 13.2 Å². The highest BCUT2D eigenvalue weighted by molar-refractivity contribution is 9.10. The smallest absolute Gasteiger partial charge is 0.129 e. The second kappa shape index (κ2) is 6.91. The van der Waals surface area contributed by atoms with Crippen LogP contribution in [0.15, 0.2) is 46.9 Å². The Morgan fingerprint density at radius 1 is 1.29 bits per heavy atom. The van der Waals surface area contributed by atoms with Crippen LogP contribution in [0.5, 0.6) is 5.75 Å². The maximum atomic E-state index is 14.2. The van der Waals surface area contributed by atoms with Crippen LogP contribution in [0.4, 0.5) is 10.1 Å². The van der Waals surface area contributed by atoms with Crippen LogP contribution < -0.4 is 15.4 Å². The maximum Gasteiger partial charge on any atom is 0.129 e. The average Bonchev–Trinajstić information content (AvgIpc) is 2.50. The number of rotatable bonds is 5. The summed E-state index contributed by atoms with van der Waals surface area (Å²) < 4.78 is 20.1. The lowest BCUT2D eigenvalue weighted by molar-refractivity contribution is 0.414. The number of ether oxygens (including phenoxy) is 1. The maximum absolute atomic E-state index is 14.2. The summed E-state index contributed by atoms with van der Waals surface area (Å²) in [6.45, 7) is 0.312. The zero-order valence-corrected chi connectivity index (χ0v) is 13.6. The minimum atomic E-state index is -0.269. The molecule has 0 amide bonds. The average molecular weight is 353 g/mol. The molecule has 21 heavy (non-hydrogen) atoms. The van der Waals surface area contributed by atoms with Gasteiger partial charge in [-0.15, -0.1) is 0 Å². The highest BCUT2D eigenvalue weighted by atomic mass is 79.9. The molecule has 0 heterocycles. The molecule has 2 aromatic rings. The highest BCUT2D eigenvalue weighted by Crippen LogP contribution is 2.29. The number of nitrogens with two attached hydrogens (primary N) is 1. The number of benzene rings is 2. The van der Waals surface area contributed by atoms with Crippen molar-refractivity contribution in [2.24, 2.45) is 5.73 Å². The third kappa shape index (κ3) is 3.54. The van der Waals surface area contributed by atoms with Crippen molar-refractivity contribution in [3.63, 3.8) is 0 Å². The first-order valence-electron chi connectivity index (χ1n) is 6.58. The minimum Gasteiger partial charge on any atom is -0.497 e. The molecule has 0 saturated carbocycles. The van der Waals surface area contributed by atoms with E-state index in [2.05, 4.69) is 15.9 Å². The van der Waals surface area contributed by atoms with Gasteiger partial charge >= 0.3 is 0 Å². The van der Waals surface area contributed by atoms with E-state index < -0.39 is 0 Å². The van der Waals surface area contributed by atoms with Gasteiger partial charge < -0.3 is 15.4 Å². The topological polar surface area (TPSA) is 38.5 Å². The molecular formula is C16H18BrFN2O. The first kappa shape index (κ1) is 15.8. The molecule has 0 aromatic heterocycles.